The van der Waals surface area contributed by atoms with Gasteiger partial charge < -0.3 is 9.84 Å². The number of hydroxylamine groups is 1. The van der Waals surface area contributed by atoms with E-state index in [0.717, 1.165) is 5.56 Å². The third kappa shape index (κ3) is 3.21. The predicted molar refractivity (Wildman–Crippen MR) is 91.0 cm³/mol. The SMILES string of the molecule is O=C(NO)C1(O)COCCC1S(=O)(=O)c1ccc(-c2ccccn2)cc1. The summed E-state index contributed by atoms with van der Waals surface area (Å²) in [7, 11) is -4.05. The summed E-state index contributed by atoms with van der Waals surface area (Å²) in [5, 5.41) is 18.0. The molecule has 2 heterocycles. The highest BCUT2D eigenvalue weighted by atomic mass is 32.2. The number of nitrogens with one attached hydrogen (secondary N) is 1. The fourth-order valence-electron chi connectivity index (χ4n) is 2.98. The van der Waals surface area contributed by atoms with E-state index in [1.165, 1.54) is 17.6 Å². The number of carbonyl (C=O) groups is 1. The molecule has 1 fully saturated rings. The minimum atomic E-state index is -4.05. The molecule has 0 bridgehead atoms. The van der Waals surface area contributed by atoms with Crippen LogP contribution in [0.3, 0.4) is 0 Å². The molecular weight excluding hydrogens is 360 g/mol. The first-order chi connectivity index (χ1) is 12.4. The van der Waals surface area contributed by atoms with E-state index in [-0.39, 0.29) is 17.9 Å². The van der Waals surface area contributed by atoms with Gasteiger partial charge in [-0.25, -0.2) is 13.9 Å². The molecule has 9 heteroatoms. The maximum absolute atomic E-state index is 13.0. The molecule has 0 aliphatic carbocycles. The van der Waals surface area contributed by atoms with Gasteiger partial charge >= 0.3 is 0 Å². The van der Waals surface area contributed by atoms with Crippen LogP contribution >= 0.6 is 0 Å². The molecule has 1 aromatic carbocycles. The minimum absolute atomic E-state index is 0.0340. The Morgan fingerprint density at radius 3 is 2.58 bits per heavy atom. The van der Waals surface area contributed by atoms with Gasteiger partial charge in [-0.05, 0) is 30.7 Å². The highest BCUT2D eigenvalue weighted by Gasteiger charge is 2.53. The highest BCUT2D eigenvalue weighted by Crippen LogP contribution is 2.32. The third-order valence-electron chi connectivity index (χ3n) is 4.39. The zero-order valence-electron chi connectivity index (χ0n) is 13.7. The molecule has 138 valence electrons. The average molecular weight is 378 g/mol. The van der Waals surface area contributed by atoms with Crippen molar-refractivity contribution >= 4 is 15.7 Å². The van der Waals surface area contributed by atoms with Gasteiger partial charge in [0.15, 0.2) is 15.4 Å². The Labute approximate surface area is 150 Å². The van der Waals surface area contributed by atoms with E-state index in [1.807, 2.05) is 6.07 Å². The Kier molecular flexibility index (Phi) is 5.05. The maximum Gasteiger partial charge on any atom is 0.279 e. The zero-order chi connectivity index (χ0) is 18.8. The minimum Gasteiger partial charge on any atom is -0.378 e. The van der Waals surface area contributed by atoms with Crippen LogP contribution in [0.15, 0.2) is 53.6 Å². The lowest BCUT2D eigenvalue weighted by atomic mass is 9.95. The van der Waals surface area contributed by atoms with Gasteiger partial charge in [0.25, 0.3) is 5.91 Å². The largest absolute Gasteiger partial charge is 0.378 e. The van der Waals surface area contributed by atoms with Crippen molar-refractivity contribution < 1.29 is 28.3 Å². The predicted octanol–water partition coefficient (Wildman–Crippen LogP) is 0.548. The maximum atomic E-state index is 13.0. The molecule has 2 aromatic rings. The molecule has 0 radical (unpaired) electrons. The number of ether oxygens (including phenoxy) is 1. The standard InChI is InChI=1S/C17H18N2O6S/c20-16(19-22)17(21)11-25-10-8-15(17)26(23,24)13-6-4-12(5-7-13)14-3-1-2-9-18-14/h1-7,9,15,21-22H,8,10-11H2,(H,19,20). The molecule has 1 aromatic heterocycles. The molecule has 0 spiro atoms. The molecule has 26 heavy (non-hydrogen) atoms. The van der Waals surface area contributed by atoms with Gasteiger partial charge in [-0.3, -0.25) is 15.0 Å². The fourth-order valence-corrected chi connectivity index (χ4v) is 4.92. The van der Waals surface area contributed by atoms with Crippen molar-refractivity contribution in [1.29, 1.82) is 0 Å². The van der Waals surface area contributed by atoms with Gasteiger partial charge in [0.2, 0.25) is 0 Å². The topological polar surface area (TPSA) is 126 Å². The van der Waals surface area contributed by atoms with Crippen molar-refractivity contribution in [2.45, 2.75) is 22.2 Å². The molecular formula is C17H18N2O6S. The van der Waals surface area contributed by atoms with Crippen LogP contribution in [0.4, 0.5) is 0 Å². The smallest absolute Gasteiger partial charge is 0.279 e. The zero-order valence-corrected chi connectivity index (χ0v) is 14.5. The van der Waals surface area contributed by atoms with Crippen LogP contribution < -0.4 is 5.48 Å². The molecule has 8 nitrogen and oxygen atoms in total. The van der Waals surface area contributed by atoms with Crippen molar-refractivity contribution in [1.82, 2.24) is 10.5 Å². The average Bonchev–Trinajstić information content (AvgIpc) is 2.68. The van der Waals surface area contributed by atoms with Crippen LogP contribution in [0.1, 0.15) is 6.42 Å². The Morgan fingerprint density at radius 1 is 1.23 bits per heavy atom. The number of benzene rings is 1. The molecule has 2 unspecified atom stereocenters. The van der Waals surface area contributed by atoms with Gasteiger partial charge in [-0.15, -0.1) is 0 Å². The van der Waals surface area contributed by atoms with Crippen molar-refractivity contribution in [3.63, 3.8) is 0 Å². The molecule has 3 rings (SSSR count). The van der Waals surface area contributed by atoms with E-state index in [2.05, 4.69) is 4.98 Å². The summed E-state index contributed by atoms with van der Waals surface area (Å²) in [6.07, 6.45) is 1.56. The lowest BCUT2D eigenvalue weighted by Gasteiger charge is -2.36. The van der Waals surface area contributed by atoms with E-state index in [1.54, 1.807) is 30.5 Å². The number of rotatable bonds is 4. The van der Waals surface area contributed by atoms with E-state index < -0.39 is 33.2 Å². The number of nitrogens with zero attached hydrogens (tertiary/aromatic N) is 1. The van der Waals surface area contributed by atoms with Crippen molar-refractivity contribution in [3.05, 3.63) is 48.7 Å². The van der Waals surface area contributed by atoms with Crippen molar-refractivity contribution in [2.75, 3.05) is 13.2 Å². The van der Waals surface area contributed by atoms with Crippen LogP contribution in [0.5, 0.6) is 0 Å². The first-order valence-electron chi connectivity index (χ1n) is 7.89. The first kappa shape index (κ1) is 18.5. The molecule has 1 amide bonds. The first-order valence-corrected chi connectivity index (χ1v) is 9.44. The van der Waals surface area contributed by atoms with Gasteiger partial charge in [0.1, 0.15) is 5.25 Å². The second-order valence-corrected chi connectivity index (χ2v) is 8.11. The van der Waals surface area contributed by atoms with Gasteiger partial charge in [-0.1, -0.05) is 18.2 Å². The number of aliphatic hydroxyl groups is 1. The number of carbonyl (C=O) groups excluding carboxylic acids is 1. The van der Waals surface area contributed by atoms with Crippen LogP contribution in [0, 0.1) is 0 Å². The molecule has 1 saturated heterocycles. The summed E-state index contributed by atoms with van der Waals surface area (Å²) in [4.78, 5) is 16.0. The van der Waals surface area contributed by atoms with Gasteiger partial charge in [-0.2, -0.15) is 0 Å². The van der Waals surface area contributed by atoms with Gasteiger partial charge in [0.05, 0.1) is 17.2 Å². The number of amides is 1. The summed E-state index contributed by atoms with van der Waals surface area (Å²) in [6, 6.07) is 11.4. The van der Waals surface area contributed by atoms with E-state index >= 15 is 0 Å². The normalized spacial score (nSPS) is 23.4. The summed E-state index contributed by atoms with van der Waals surface area (Å²) >= 11 is 0. The second-order valence-electron chi connectivity index (χ2n) is 5.98. The Bertz CT molecular complexity index is 885. The summed E-state index contributed by atoms with van der Waals surface area (Å²) in [6.45, 7) is -0.438. The second kappa shape index (κ2) is 7.12. The fraction of sp³-hybridized carbons (Fsp3) is 0.294. The molecule has 1 aliphatic heterocycles. The number of sulfone groups is 1. The Morgan fingerprint density at radius 2 is 1.96 bits per heavy atom. The summed E-state index contributed by atoms with van der Waals surface area (Å²) < 4.78 is 31.0. The third-order valence-corrected chi connectivity index (χ3v) is 6.70. The lowest BCUT2D eigenvalue weighted by molar-refractivity contribution is -0.161. The van der Waals surface area contributed by atoms with E-state index in [0.29, 0.717) is 5.69 Å². The monoisotopic (exact) mass is 378 g/mol. The Hall–Kier alpha value is -2.33. The van der Waals surface area contributed by atoms with Crippen LogP contribution in [-0.4, -0.2) is 53.7 Å². The summed E-state index contributed by atoms with van der Waals surface area (Å²) in [5.41, 5.74) is 0.377. The van der Waals surface area contributed by atoms with Crippen molar-refractivity contribution in [2.24, 2.45) is 0 Å². The number of hydrogen-bond donors (Lipinski definition) is 3. The molecule has 1 aliphatic rings. The number of hydrogen-bond acceptors (Lipinski definition) is 7. The van der Waals surface area contributed by atoms with E-state index in [4.69, 9.17) is 9.94 Å². The highest BCUT2D eigenvalue weighted by molar-refractivity contribution is 7.92. The van der Waals surface area contributed by atoms with Crippen LogP contribution in [0.25, 0.3) is 11.3 Å². The Balaban J connectivity index is 1.95. The van der Waals surface area contributed by atoms with Crippen LogP contribution in [-0.2, 0) is 19.4 Å². The number of aromatic nitrogens is 1. The number of pyridine rings is 1. The molecule has 0 saturated carbocycles. The van der Waals surface area contributed by atoms with Gasteiger partial charge in [0, 0.05) is 18.4 Å². The lowest BCUT2D eigenvalue weighted by Crippen LogP contribution is -2.62. The van der Waals surface area contributed by atoms with Crippen molar-refractivity contribution in [3.8, 4) is 11.3 Å². The molecule has 3 N–H and O–H groups in total. The summed E-state index contributed by atoms with van der Waals surface area (Å²) in [5.74, 6) is -1.21. The quantitative estimate of drug-likeness (QED) is 0.524. The van der Waals surface area contributed by atoms with Crippen LogP contribution in [0.2, 0.25) is 0 Å². The molecule has 2 atom stereocenters. The van der Waals surface area contributed by atoms with E-state index in [9.17, 15) is 18.3 Å².